The predicted molar refractivity (Wildman–Crippen MR) is 124 cm³/mol. The SMILES string of the molecule is Cc1cccn2c(=O)c(C=C(C#N)C(=O)NCc3ccccc3)c(N3CCCCC3)nc12. The molecule has 1 aromatic carbocycles. The molecule has 0 spiro atoms. The lowest BCUT2D eigenvalue weighted by atomic mass is 10.1. The molecule has 0 bridgehead atoms. The molecule has 7 heteroatoms. The number of hydrogen-bond acceptors (Lipinski definition) is 5. The zero-order chi connectivity index (χ0) is 22.5. The Morgan fingerprint density at radius 1 is 1.16 bits per heavy atom. The molecule has 1 N–H and O–H groups in total. The molecule has 1 aliphatic heterocycles. The molecule has 1 fully saturated rings. The van der Waals surface area contributed by atoms with Gasteiger partial charge in [-0.3, -0.25) is 14.0 Å². The fourth-order valence-electron chi connectivity index (χ4n) is 3.94. The van der Waals surface area contributed by atoms with Crippen molar-refractivity contribution in [1.29, 1.82) is 5.26 Å². The summed E-state index contributed by atoms with van der Waals surface area (Å²) in [6.45, 7) is 3.79. The van der Waals surface area contributed by atoms with E-state index in [-0.39, 0.29) is 16.7 Å². The molecule has 1 saturated heterocycles. The molecule has 3 heterocycles. The average molecular weight is 428 g/mol. The van der Waals surface area contributed by atoms with Crippen LogP contribution in [0.3, 0.4) is 0 Å². The van der Waals surface area contributed by atoms with Gasteiger partial charge in [-0.1, -0.05) is 36.4 Å². The highest BCUT2D eigenvalue weighted by Crippen LogP contribution is 2.23. The van der Waals surface area contributed by atoms with E-state index < -0.39 is 5.91 Å². The maximum atomic E-state index is 13.4. The Labute approximate surface area is 186 Å². The zero-order valence-corrected chi connectivity index (χ0v) is 18.0. The van der Waals surface area contributed by atoms with Crippen LogP contribution in [0.4, 0.5) is 5.82 Å². The summed E-state index contributed by atoms with van der Waals surface area (Å²) in [7, 11) is 0. The van der Waals surface area contributed by atoms with Gasteiger partial charge in [-0.15, -0.1) is 0 Å². The molecule has 0 aliphatic carbocycles. The number of aromatic nitrogens is 2. The van der Waals surface area contributed by atoms with Crippen molar-refractivity contribution < 1.29 is 4.79 Å². The second-order valence-corrected chi connectivity index (χ2v) is 7.92. The summed E-state index contributed by atoms with van der Waals surface area (Å²) in [4.78, 5) is 33.0. The van der Waals surface area contributed by atoms with Crippen molar-refractivity contribution in [2.45, 2.75) is 32.7 Å². The number of piperidine rings is 1. The van der Waals surface area contributed by atoms with E-state index in [4.69, 9.17) is 4.98 Å². The first-order chi connectivity index (χ1) is 15.6. The molecular formula is C25H25N5O2. The second kappa shape index (κ2) is 9.48. The third kappa shape index (κ3) is 4.40. The highest BCUT2D eigenvalue weighted by Gasteiger charge is 2.21. The third-order valence-electron chi connectivity index (χ3n) is 5.67. The van der Waals surface area contributed by atoms with Crippen LogP contribution in [0, 0.1) is 18.3 Å². The number of fused-ring (bicyclic) bond motifs is 1. The first-order valence-corrected chi connectivity index (χ1v) is 10.8. The normalized spacial score (nSPS) is 14.2. The second-order valence-electron chi connectivity index (χ2n) is 7.92. The smallest absolute Gasteiger partial charge is 0.267 e. The Balaban J connectivity index is 1.76. The Morgan fingerprint density at radius 3 is 2.62 bits per heavy atom. The van der Waals surface area contributed by atoms with Crippen LogP contribution in [0.5, 0.6) is 0 Å². The number of amides is 1. The molecule has 162 valence electrons. The molecule has 1 aliphatic rings. The van der Waals surface area contributed by atoms with Gasteiger partial charge in [0.25, 0.3) is 11.5 Å². The number of nitrogens with zero attached hydrogens (tertiary/aromatic N) is 4. The van der Waals surface area contributed by atoms with Gasteiger partial charge in [-0.2, -0.15) is 5.26 Å². The minimum atomic E-state index is -0.519. The van der Waals surface area contributed by atoms with Crippen LogP contribution >= 0.6 is 0 Å². The molecule has 0 saturated carbocycles. The molecule has 2 aromatic heterocycles. The van der Waals surface area contributed by atoms with Crippen LogP contribution in [0.2, 0.25) is 0 Å². The van der Waals surface area contributed by atoms with E-state index in [1.54, 1.807) is 12.3 Å². The Hall–Kier alpha value is -3.92. The highest BCUT2D eigenvalue weighted by molar-refractivity contribution is 6.02. The van der Waals surface area contributed by atoms with Gasteiger partial charge in [0.1, 0.15) is 23.1 Å². The standard InChI is InChI=1S/C25H25N5O2/c1-18-9-8-14-30-22(18)28-23(29-12-6-3-7-13-29)21(25(30)32)15-20(16-26)24(31)27-17-19-10-4-2-5-11-19/h2,4-5,8-11,14-15H,3,6-7,12-13,17H2,1H3,(H,27,31). The summed E-state index contributed by atoms with van der Waals surface area (Å²) in [5, 5.41) is 12.4. The van der Waals surface area contributed by atoms with Crippen LogP contribution in [0.1, 0.15) is 36.0 Å². The lowest BCUT2D eigenvalue weighted by molar-refractivity contribution is -0.117. The first-order valence-electron chi connectivity index (χ1n) is 10.8. The Bertz CT molecular complexity index is 1270. The number of carbonyl (C=O) groups excluding carboxylic acids is 1. The van der Waals surface area contributed by atoms with Crippen molar-refractivity contribution >= 4 is 23.4 Å². The lowest BCUT2D eigenvalue weighted by Crippen LogP contribution is -2.34. The van der Waals surface area contributed by atoms with Crippen molar-refractivity contribution in [1.82, 2.24) is 14.7 Å². The van der Waals surface area contributed by atoms with E-state index in [1.165, 1.54) is 10.5 Å². The number of hydrogen-bond donors (Lipinski definition) is 1. The van der Waals surface area contributed by atoms with E-state index in [0.717, 1.165) is 43.5 Å². The predicted octanol–water partition coefficient (Wildman–Crippen LogP) is 3.22. The summed E-state index contributed by atoms with van der Waals surface area (Å²) >= 11 is 0. The van der Waals surface area contributed by atoms with Crippen LogP contribution in [-0.2, 0) is 11.3 Å². The Morgan fingerprint density at radius 2 is 1.91 bits per heavy atom. The van der Waals surface area contributed by atoms with Gasteiger partial charge in [0.15, 0.2) is 0 Å². The van der Waals surface area contributed by atoms with Gasteiger partial charge < -0.3 is 10.2 Å². The summed E-state index contributed by atoms with van der Waals surface area (Å²) in [5.41, 5.74) is 2.26. The topological polar surface area (TPSA) is 90.5 Å². The maximum absolute atomic E-state index is 13.4. The van der Waals surface area contributed by atoms with Gasteiger partial charge >= 0.3 is 0 Å². The van der Waals surface area contributed by atoms with Crippen molar-refractivity contribution in [3.63, 3.8) is 0 Å². The summed E-state index contributed by atoms with van der Waals surface area (Å²) < 4.78 is 1.48. The van der Waals surface area contributed by atoms with Gasteiger partial charge in [0.2, 0.25) is 0 Å². The van der Waals surface area contributed by atoms with Crippen molar-refractivity contribution in [3.05, 3.63) is 81.3 Å². The maximum Gasteiger partial charge on any atom is 0.267 e. The molecule has 0 radical (unpaired) electrons. The van der Waals surface area contributed by atoms with Crippen LogP contribution in [0.25, 0.3) is 11.7 Å². The molecule has 0 atom stereocenters. The van der Waals surface area contributed by atoms with Crippen LogP contribution in [0.15, 0.2) is 59.0 Å². The number of benzene rings is 1. The Kier molecular flexibility index (Phi) is 6.31. The molecule has 4 rings (SSSR count). The third-order valence-corrected chi connectivity index (χ3v) is 5.67. The van der Waals surface area contributed by atoms with Crippen molar-refractivity contribution in [2.24, 2.45) is 0 Å². The fraction of sp³-hybridized carbons (Fsp3) is 0.280. The lowest BCUT2D eigenvalue weighted by Gasteiger charge is -2.29. The van der Waals surface area contributed by atoms with Gasteiger partial charge in [-0.25, -0.2) is 4.98 Å². The van der Waals surface area contributed by atoms with E-state index in [1.807, 2.05) is 49.4 Å². The average Bonchev–Trinajstić information content (AvgIpc) is 2.83. The zero-order valence-electron chi connectivity index (χ0n) is 18.0. The fourth-order valence-corrected chi connectivity index (χ4v) is 3.94. The number of anilines is 1. The number of nitriles is 1. The first kappa shape index (κ1) is 21.3. The van der Waals surface area contributed by atoms with E-state index in [0.29, 0.717) is 18.0 Å². The van der Waals surface area contributed by atoms with Crippen molar-refractivity contribution in [2.75, 3.05) is 18.0 Å². The number of aryl methyl sites for hydroxylation is 1. The summed E-state index contributed by atoms with van der Waals surface area (Å²) in [6, 6.07) is 15.1. The minimum Gasteiger partial charge on any atom is -0.356 e. The quantitative estimate of drug-likeness (QED) is 0.499. The number of carbonyl (C=O) groups is 1. The molecule has 1 amide bonds. The van der Waals surface area contributed by atoms with Gasteiger partial charge in [0, 0.05) is 25.8 Å². The summed E-state index contributed by atoms with van der Waals surface area (Å²) in [6.07, 6.45) is 6.21. The summed E-state index contributed by atoms with van der Waals surface area (Å²) in [5.74, 6) is 0.0160. The molecule has 7 nitrogen and oxygen atoms in total. The molecule has 0 unspecified atom stereocenters. The molecular weight excluding hydrogens is 402 g/mol. The highest BCUT2D eigenvalue weighted by atomic mass is 16.1. The largest absolute Gasteiger partial charge is 0.356 e. The minimum absolute atomic E-state index is 0.120. The number of rotatable bonds is 5. The number of pyridine rings is 1. The molecule has 3 aromatic rings. The van der Waals surface area contributed by atoms with Gasteiger partial charge in [0.05, 0.1) is 5.56 Å². The van der Waals surface area contributed by atoms with Gasteiger partial charge in [-0.05, 0) is 49.5 Å². The van der Waals surface area contributed by atoms with E-state index in [2.05, 4.69) is 10.2 Å². The van der Waals surface area contributed by atoms with E-state index in [9.17, 15) is 14.9 Å². The van der Waals surface area contributed by atoms with Crippen LogP contribution < -0.4 is 15.8 Å². The number of nitrogens with one attached hydrogen (secondary N) is 1. The van der Waals surface area contributed by atoms with Crippen molar-refractivity contribution in [3.8, 4) is 6.07 Å². The molecule has 32 heavy (non-hydrogen) atoms. The monoisotopic (exact) mass is 427 g/mol. The van der Waals surface area contributed by atoms with E-state index >= 15 is 0 Å². The van der Waals surface area contributed by atoms with Crippen LogP contribution in [-0.4, -0.2) is 28.4 Å².